The Balaban J connectivity index is 1.55. The highest BCUT2D eigenvalue weighted by Gasteiger charge is 2.22. The summed E-state index contributed by atoms with van der Waals surface area (Å²) in [5, 5.41) is 0.617. The molecular formula is C29H26O6. The number of fused-ring (bicyclic) bond motifs is 1. The minimum absolute atomic E-state index is 0.104. The van der Waals surface area contributed by atoms with Crippen molar-refractivity contribution in [1.29, 1.82) is 0 Å². The summed E-state index contributed by atoms with van der Waals surface area (Å²) in [5.41, 5.74) is 3.33. The lowest BCUT2D eigenvalue weighted by atomic mass is 10.1. The van der Waals surface area contributed by atoms with E-state index in [1.807, 2.05) is 26.0 Å². The van der Waals surface area contributed by atoms with Crippen LogP contribution in [0.25, 0.3) is 17.0 Å². The van der Waals surface area contributed by atoms with Crippen LogP contribution in [0, 0.1) is 13.8 Å². The Labute approximate surface area is 203 Å². The number of aryl methyl sites for hydroxylation is 2. The second-order valence-electron chi connectivity index (χ2n) is 7.99. The normalized spacial score (nSPS) is 11.1. The van der Waals surface area contributed by atoms with Crippen LogP contribution in [0.1, 0.15) is 44.5 Å². The molecular weight excluding hydrogens is 444 g/mol. The topological polar surface area (TPSA) is 75.0 Å². The molecule has 3 aromatic carbocycles. The quantitative estimate of drug-likeness (QED) is 0.125. The maximum absolute atomic E-state index is 13.1. The first-order chi connectivity index (χ1) is 16.9. The number of methoxy groups -OCH3 is 1. The van der Waals surface area contributed by atoms with E-state index in [0.29, 0.717) is 46.0 Å². The molecule has 4 aromatic rings. The summed E-state index contributed by atoms with van der Waals surface area (Å²) >= 11 is 0. The third-order valence-corrected chi connectivity index (χ3v) is 5.50. The molecule has 0 radical (unpaired) electrons. The highest BCUT2D eigenvalue weighted by molar-refractivity contribution is 6.07. The zero-order valence-corrected chi connectivity index (χ0v) is 20.1. The summed E-state index contributed by atoms with van der Waals surface area (Å²) < 4.78 is 22.4. The van der Waals surface area contributed by atoms with E-state index in [0.717, 1.165) is 11.1 Å². The molecule has 0 aliphatic rings. The highest BCUT2D eigenvalue weighted by atomic mass is 16.6. The van der Waals surface area contributed by atoms with Gasteiger partial charge in [0.2, 0.25) is 0 Å². The minimum atomic E-state index is -0.564. The Bertz CT molecular complexity index is 1410. The van der Waals surface area contributed by atoms with Gasteiger partial charge in [0.25, 0.3) is 0 Å². The molecule has 1 heterocycles. The van der Waals surface area contributed by atoms with Gasteiger partial charge in [-0.3, -0.25) is 4.79 Å². The van der Waals surface area contributed by atoms with Crippen molar-refractivity contribution in [2.45, 2.75) is 20.8 Å². The Hall–Kier alpha value is -4.32. The molecule has 0 N–H and O–H groups in total. The van der Waals surface area contributed by atoms with Crippen LogP contribution in [0.5, 0.6) is 17.2 Å². The molecule has 0 unspecified atom stereocenters. The molecule has 0 bridgehead atoms. The standard InChI is InChI=1S/C29H26O6/c1-5-33-22-12-15-25-23(17-22)28(19(3)34-25)29(31)35-26-14-9-20(16-27(26)32-4)8-13-24(30)21-10-6-18(2)7-11-21/h6-17H,5H2,1-4H3/b13-8+. The maximum atomic E-state index is 13.1. The van der Waals surface area contributed by atoms with Gasteiger partial charge < -0.3 is 18.6 Å². The number of allylic oxidation sites excluding steroid dienone is 1. The minimum Gasteiger partial charge on any atom is -0.494 e. The Kier molecular flexibility index (Phi) is 7.01. The Morgan fingerprint density at radius 1 is 0.943 bits per heavy atom. The van der Waals surface area contributed by atoms with Crippen LogP contribution in [0.15, 0.2) is 71.2 Å². The number of carbonyl (C=O) groups is 2. The highest BCUT2D eigenvalue weighted by Crippen LogP contribution is 2.33. The van der Waals surface area contributed by atoms with Crippen molar-refractivity contribution >= 4 is 28.8 Å². The zero-order chi connectivity index (χ0) is 24.9. The van der Waals surface area contributed by atoms with Crippen molar-refractivity contribution in [2.24, 2.45) is 0 Å². The van der Waals surface area contributed by atoms with Crippen LogP contribution in [-0.2, 0) is 0 Å². The first-order valence-electron chi connectivity index (χ1n) is 11.2. The summed E-state index contributed by atoms with van der Waals surface area (Å²) in [6.07, 6.45) is 3.20. The molecule has 0 atom stereocenters. The number of hydrogen-bond acceptors (Lipinski definition) is 6. The number of benzene rings is 3. The fourth-order valence-corrected chi connectivity index (χ4v) is 3.72. The Morgan fingerprint density at radius 3 is 2.43 bits per heavy atom. The van der Waals surface area contributed by atoms with Gasteiger partial charge in [-0.05, 0) is 62.7 Å². The van der Waals surface area contributed by atoms with Crippen LogP contribution in [0.2, 0.25) is 0 Å². The Morgan fingerprint density at radius 2 is 1.71 bits per heavy atom. The summed E-state index contributed by atoms with van der Waals surface area (Å²) in [4.78, 5) is 25.5. The lowest BCUT2D eigenvalue weighted by Gasteiger charge is -2.10. The van der Waals surface area contributed by atoms with Crippen LogP contribution in [0.4, 0.5) is 0 Å². The molecule has 0 saturated carbocycles. The fourth-order valence-electron chi connectivity index (χ4n) is 3.72. The summed E-state index contributed by atoms with van der Waals surface area (Å²) in [6.45, 7) is 6.09. The number of ether oxygens (including phenoxy) is 3. The molecule has 0 amide bonds. The van der Waals surface area contributed by atoms with Gasteiger partial charge in [0, 0.05) is 10.9 Å². The number of furan rings is 1. The molecule has 0 aliphatic carbocycles. The molecule has 178 valence electrons. The van der Waals surface area contributed by atoms with E-state index in [1.165, 1.54) is 13.2 Å². The van der Waals surface area contributed by atoms with Gasteiger partial charge in [0.15, 0.2) is 17.3 Å². The largest absolute Gasteiger partial charge is 0.494 e. The lowest BCUT2D eigenvalue weighted by molar-refractivity contribution is 0.0729. The van der Waals surface area contributed by atoms with Gasteiger partial charge in [0.05, 0.1) is 13.7 Å². The van der Waals surface area contributed by atoms with Gasteiger partial charge in [-0.15, -0.1) is 0 Å². The van der Waals surface area contributed by atoms with E-state index >= 15 is 0 Å². The van der Waals surface area contributed by atoms with Crippen molar-refractivity contribution in [3.8, 4) is 17.2 Å². The molecule has 6 nitrogen and oxygen atoms in total. The molecule has 0 fully saturated rings. The molecule has 1 aromatic heterocycles. The van der Waals surface area contributed by atoms with Crippen molar-refractivity contribution < 1.29 is 28.2 Å². The molecule has 35 heavy (non-hydrogen) atoms. The van der Waals surface area contributed by atoms with Gasteiger partial charge >= 0.3 is 5.97 Å². The number of ketones is 1. The van der Waals surface area contributed by atoms with Crippen LogP contribution < -0.4 is 14.2 Å². The van der Waals surface area contributed by atoms with E-state index < -0.39 is 5.97 Å². The number of carbonyl (C=O) groups excluding carboxylic acids is 2. The van der Waals surface area contributed by atoms with Crippen molar-refractivity contribution in [3.05, 3.63) is 94.8 Å². The van der Waals surface area contributed by atoms with E-state index in [9.17, 15) is 9.59 Å². The van der Waals surface area contributed by atoms with Crippen LogP contribution in [-0.4, -0.2) is 25.5 Å². The fraction of sp³-hybridized carbons (Fsp3) is 0.172. The SMILES string of the molecule is CCOc1ccc2oc(C)c(C(=O)Oc3ccc(/C=C/C(=O)c4ccc(C)cc4)cc3OC)c2c1. The second-order valence-corrected chi connectivity index (χ2v) is 7.99. The molecule has 0 spiro atoms. The van der Waals surface area contributed by atoms with Crippen molar-refractivity contribution in [1.82, 2.24) is 0 Å². The van der Waals surface area contributed by atoms with Crippen LogP contribution in [0.3, 0.4) is 0 Å². The predicted octanol–water partition coefficient (Wildman–Crippen LogP) is 6.57. The van der Waals surface area contributed by atoms with E-state index in [1.54, 1.807) is 61.5 Å². The van der Waals surface area contributed by atoms with Crippen LogP contribution >= 0.6 is 0 Å². The molecule has 0 saturated heterocycles. The summed E-state index contributed by atoms with van der Waals surface area (Å²) in [7, 11) is 1.49. The van der Waals surface area contributed by atoms with Gasteiger partial charge in [-0.2, -0.15) is 0 Å². The third kappa shape index (κ3) is 5.27. The number of esters is 1. The predicted molar refractivity (Wildman–Crippen MR) is 135 cm³/mol. The van der Waals surface area contributed by atoms with Gasteiger partial charge in [-0.1, -0.05) is 42.0 Å². The molecule has 6 heteroatoms. The average molecular weight is 471 g/mol. The van der Waals surface area contributed by atoms with E-state index in [2.05, 4.69) is 0 Å². The number of hydrogen-bond donors (Lipinski definition) is 0. The van der Waals surface area contributed by atoms with Gasteiger partial charge in [0.1, 0.15) is 22.7 Å². The molecule has 0 aliphatic heterocycles. The third-order valence-electron chi connectivity index (χ3n) is 5.50. The van der Waals surface area contributed by atoms with Crippen molar-refractivity contribution in [2.75, 3.05) is 13.7 Å². The average Bonchev–Trinajstić information content (AvgIpc) is 3.18. The van der Waals surface area contributed by atoms with E-state index in [4.69, 9.17) is 18.6 Å². The summed E-state index contributed by atoms with van der Waals surface area (Å²) in [6, 6.07) is 17.8. The first kappa shape index (κ1) is 23.8. The maximum Gasteiger partial charge on any atom is 0.347 e. The first-order valence-corrected chi connectivity index (χ1v) is 11.2. The number of rotatable bonds is 8. The second kappa shape index (κ2) is 10.3. The zero-order valence-electron chi connectivity index (χ0n) is 20.1. The lowest BCUT2D eigenvalue weighted by Crippen LogP contribution is -2.10. The molecule has 4 rings (SSSR count). The van der Waals surface area contributed by atoms with E-state index in [-0.39, 0.29) is 11.5 Å². The van der Waals surface area contributed by atoms with Crippen molar-refractivity contribution in [3.63, 3.8) is 0 Å². The smallest absolute Gasteiger partial charge is 0.347 e. The van der Waals surface area contributed by atoms with Gasteiger partial charge in [-0.25, -0.2) is 4.79 Å². The monoisotopic (exact) mass is 470 g/mol. The summed E-state index contributed by atoms with van der Waals surface area (Å²) in [5.74, 6) is 1.05.